The lowest BCUT2D eigenvalue weighted by Crippen LogP contribution is -2.18. The molecule has 220 valence electrons. The zero-order chi connectivity index (χ0) is 31.0. The molecule has 0 spiro atoms. The van der Waals surface area contributed by atoms with Crippen molar-refractivity contribution >= 4 is 74.3 Å². The number of amides is 2. The number of thiophene rings is 1. The number of carbonyl (C=O) groups is 3. The number of halogens is 3. The van der Waals surface area contributed by atoms with Crippen molar-refractivity contribution in [1.29, 1.82) is 5.41 Å². The van der Waals surface area contributed by atoms with Gasteiger partial charge in [0, 0.05) is 11.3 Å². The van der Waals surface area contributed by atoms with Crippen LogP contribution in [0.3, 0.4) is 0 Å². The number of nitrogen functional groups attached to an aromatic ring is 1. The van der Waals surface area contributed by atoms with Gasteiger partial charge in [0.25, 0.3) is 0 Å². The number of hydrogen-bond donors (Lipinski definition) is 4. The number of sulfone groups is 1. The minimum atomic E-state index is -4.64. The van der Waals surface area contributed by atoms with Gasteiger partial charge in [-0.1, -0.05) is 24.3 Å². The Hall–Kier alpha value is -3.34. The molecule has 9 nitrogen and oxygen atoms in total. The van der Waals surface area contributed by atoms with Gasteiger partial charge >= 0.3 is 6.18 Å². The summed E-state index contributed by atoms with van der Waals surface area (Å²) in [5, 5.41) is 10.5. The molecule has 0 aliphatic rings. The fourth-order valence-corrected chi connectivity index (χ4v) is 7.81. The summed E-state index contributed by atoms with van der Waals surface area (Å²) in [5.41, 5.74) is 13.4. The molecule has 0 saturated heterocycles. The number of hydrogen-bond acceptors (Lipinski definition) is 9. The Morgan fingerprint density at radius 2 is 1.73 bits per heavy atom. The van der Waals surface area contributed by atoms with Crippen LogP contribution in [0, 0.1) is 12.3 Å². The summed E-state index contributed by atoms with van der Waals surface area (Å²) in [4.78, 5) is 32.6. The molecule has 0 saturated carbocycles. The average molecular weight is 647 g/mol. The molecule has 1 heterocycles. The second-order valence-electron chi connectivity index (χ2n) is 8.08. The van der Waals surface area contributed by atoms with Crippen LogP contribution in [0.4, 0.5) is 18.9 Å². The van der Waals surface area contributed by atoms with Crippen LogP contribution in [0.2, 0.25) is 0 Å². The third kappa shape index (κ3) is 9.62. The van der Waals surface area contributed by atoms with Crippen molar-refractivity contribution in [3.8, 4) is 11.1 Å². The van der Waals surface area contributed by atoms with Crippen LogP contribution < -0.4 is 16.8 Å². The zero-order valence-corrected chi connectivity index (χ0v) is 24.8. The van der Waals surface area contributed by atoms with Gasteiger partial charge in [0.1, 0.15) is 5.84 Å². The lowest BCUT2D eigenvalue weighted by molar-refractivity contribution is -0.156. The number of thioether (sulfide) groups is 2. The molecule has 2 amide bonds. The number of anilines is 1. The predicted octanol–water partition coefficient (Wildman–Crippen LogP) is 4.47. The van der Waals surface area contributed by atoms with Crippen molar-refractivity contribution in [2.75, 3.05) is 23.1 Å². The molecule has 0 aliphatic heterocycles. The van der Waals surface area contributed by atoms with Crippen LogP contribution in [0.5, 0.6) is 0 Å². The molecular weight excluding hydrogens is 622 g/mol. The average Bonchev–Trinajstić information content (AvgIpc) is 3.35. The van der Waals surface area contributed by atoms with Crippen molar-refractivity contribution in [2.45, 2.75) is 27.1 Å². The minimum absolute atomic E-state index is 0.0416. The number of carbonyl (C=O) groups excluding carboxylic acids is 3. The van der Waals surface area contributed by atoms with E-state index in [1.807, 2.05) is 13.0 Å². The summed E-state index contributed by atoms with van der Waals surface area (Å²) < 4.78 is 58.9. The van der Waals surface area contributed by atoms with Gasteiger partial charge in [0.15, 0.2) is 0 Å². The molecule has 0 aliphatic carbocycles. The monoisotopic (exact) mass is 646 g/mol. The molecule has 16 heteroatoms. The fourth-order valence-electron chi connectivity index (χ4n) is 3.35. The summed E-state index contributed by atoms with van der Waals surface area (Å²) in [7, 11) is -3.89. The molecular formula is C25H25F3N4O5S4. The molecule has 0 fully saturated rings. The number of benzene rings is 2. The Morgan fingerprint density at radius 1 is 1.10 bits per heavy atom. The smallest absolute Gasteiger partial charge is 0.383 e. The molecule has 6 N–H and O–H groups in total. The Morgan fingerprint density at radius 3 is 2.29 bits per heavy atom. The summed E-state index contributed by atoms with van der Waals surface area (Å²) in [6.45, 7) is 1.87. The highest BCUT2D eigenvalue weighted by Crippen LogP contribution is 2.39. The summed E-state index contributed by atoms with van der Waals surface area (Å²) in [5.74, 6) is -0.886. The van der Waals surface area contributed by atoms with Crippen LogP contribution in [0.25, 0.3) is 11.1 Å². The number of alkyl halides is 3. The highest BCUT2D eigenvalue weighted by atomic mass is 32.2. The van der Waals surface area contributed by atoms with E-state index >= 15 is 0 Å². The quantitative estimate of drug-likeness (QED) is 0.108. The Kier molecular flexibility index (Phi) is 12.0. The van der Waals surface area contributed by atoms with E-state index in [0.29, 0.717) is 25.9 Å². The number of nitrogens with two attached hydrogens (primary N) is 2. The second kappa shape index (κ2) is 14.5. The van der Waals surface area contributed by atoms with Gasteiger partial charge in [-0.15, -0.1) is 34.9 Å². The second-order valence-corrected chi connectivity index (χ2v) is 13.1. The van der Waals surface area contributed by atoms with Crippen molar-refractivity contribution in [2.24, 2.45) is 11.5 Å². The van der Waals surface area contributed by atoms with Crippen LogP contribution >= 0.6 is 34.9 Å². The number of amidine groups is 1. The highest BCUT2D eigenvalue weighted by Gasteiger charge is 2.26. The first kappa shape index (κ1) is 33.9. The maximum Gasteiger partial charge on any atom is 0.446 e. The van der Waals surface area contributed by atoms with Crippen LogP contribution in [0.1, 0.15) is 10.4 Å². The SMILES string of the molecule is CSc1sc(C(=N)N)cc1S(=O)(=O)c1cccc(-c2c(C)cccc2NC(=O)CSCC(N)=O)c1.O=CC(F)(F)F. The normalized spacial score (nSPS) is 11.2. The van der Waals surface area contributed by atoms with E-state index in [1.165, 1.54) is 35.2 Å². The van der Waals surface area contributed by atoms with Crippen molar-refractivity contribution in [3.05, 3.63) is 59.0 Å². The van der Waals surface area contributed by atoms with E-state index in [4.69, 9.17) is 21.7 Å². The molecule has 0 bridgehead atoms. The van der Waals surface area contributed by atoms with Gasteiger partial charge in [0.05, 0.1) is 30.4 Å². The fraction of sp³-hybridized carbons (Fsp3) is 0.200. The third-order valence-corrected chi connectivity index (χ3v) is 10.3. The van der Waals surface area contributed by atoms with Gasteiger partial charge in [-0.2, -0.15) is 13.2 Å². The van der Waals surface area contributed by atoms with Gasteiger partial charge in [0.2, 0.25) is 27.9 Å². The van der Waals surface area contributed by atoms with E-state index < -0.39 is 28.2 Å². The first-order valence-corrected chi connectivity index (χ1v) is 15.9. The number of aryl methyl sites for hydroxylation is 1. The Balaban J connectivity index is 0.000000883. The molecule has 0 unspecified atom stereocenters. The maximum absolute atomic E-state index is 13.5. The minimum Gasteiger partial charge on any atom is -0.383 e. The number of primary amides is 1. The Labute approximate surface area is 246 Å². The van der Waals surface area contributed by atoms with E-state index in [-0.39, 0.29) is 33.0 Å². The summed E-state index contributed by atoms with van der Waals surface area (Å²) in [6.07, 6.45) is -3.93. The van der Waals surface area contributed by atoms with Crippen LogP contribution in [-0.4, -0.2) is 56.3 Å². The largest absolute Gasteiger partial charge is 0.446 e. The lowest BCUT2D eigenvalue weighted by atomic mass is 9.98. The predicted molar refractivity (Wildman–Crippen MR) is 156 cm³/mol. The van der Waals surface area contributed by atoms with Crippen molar-refractivity contribution in [1.82, 2.24) is 0 Å². The zero-order valence-electron chi connectivity index (χ0n) is 21.6. The molecule has 1 aromatic heterocycles. The van der Waals surface area contributed by atoms with Gasteiger partial charge < -0.3 is 16.8 Å². The van der Waals surface area contributed by atoms with Crippen molar-refractivity contribution in [3.63, 3.8) is 0 Å². The standard InChI is InChI=1S/C23H24N4O4S4.C2HF3O/c1-13-5-3-8-16(27-20(29)12-33-11-19(24)28)21(13)14-6-4-7-15(9-14)35(30,31)18-10-17(22(25)26)34-23(18)32-2;3-2(4,5)1-6/h3-10H,11-12H2,1-2H3,(H2,24,28)(H3,25,26)(H,27,29);1H. The van der Waals surface area contributed by atoms with Gasteiger partial charge in [-0.25, -0.2) is 8.42 Å². The Bertz CT molecular complexity index is 1560. The van der Waals surface area contributed by atoms with Crippen molar-refractivity contribution < 1.29 is 36.0 Å². The van der Waals surface area contributed by atoms with E-state index in [2.05, 4.69) is 5.32 Å². The molecule has 0 radical (unpaired) electrons. The number of rotatable bonds is 10. The molecule has 41 heavy (non-hydrogen) atoms. The topological polar surface area (TPSA) is 173 Å². The molecule has 0 atom stereocenters. The van der Waals surface area contributed by atoms with Gasteiger partial charge in [-0.05, 0) is 48.6 Å². The molecule has 3 aromatic rings. The lowest BCUT2D eigenvalue weighted by Gasteiger charge is -2.15. The highest BCUT2D eigenvalue weighted by molar-refractivity contribution is 8.01. The maximum atomic E-state index is 13.5. The molecule has 2 aromatic carbocycles. The number of nitrogens with one attached hydrogen (secondary N) is 2. The molecule has 3 rings (SSSR count). The summed E-state index contributed by atoms with van der Waals surface area (Å²) in [6, 6.07) is 13.4. The van der Waals surface area contributed by atoms with E-state index in [9.17, 15) is 31.2 Å². The summed E-state index contributed by atoms with van der Waals surface area (Å²) >= 11 is 3.56. The first-order valence-electron chi connectivity index (χ1n) is 11.3. The third-order valence-electron chi connectivity index (χ3n) is 5.00. The van der Waals surface area contributed by atoms with Crippen LogP contribution in [0.15, 0.2) is 62.5 Å². The first-order chi connectivity index (χ1) is 19.1. The number of aldehydes is 1. The van der Waals surface area contributed by atoms with E-state index in [1.54, 1.807) is 36.6 Å². The van der Waals surface area contributed by atoms with Crippen LogP contribution in [-0.2, 0) is 24.2 Å². The van der Waals surface area contributed by atoms with Gasteiger partial charge in [-0.3, -0.25) is 19.8 Å². The van der Waals surface area contributed by atoms with E-state index in [0.717, 1.165) is 17.3 Å².